The summed E-state index contributed by atoms with van der Waals surface area (Å²) in [6.45, 7) is 1.47. The summed E-state index contributed by atoms with van der Waals surface area (Å²) in [4.78, 5) is 3.96. The van der Waals surface area contributed by atoms with E-state index in [1.807, 2.05) is 0 Å². The van der Waals surface area contributed by atoms with Gasteiger partial charge in [0.25, 0.3) is 0 Å². The minimum atomic E-state index is -3.91. The highest BCUT2D eigenvalue weighted by Gasteiger charge is 2.24. The van der Waals surface area contributed by atoms with Crippen LogP contribution < -0.4 is 0 Å². The van der Waals surface area contributed by atoms with E-state index in [4.69, 9.17) is 0 Å². The minimum absolute atomic E-state index is 0.0261. The summed E-state index contributed by atoms with van der Waals surface area (Å²) in [5.74, 6) is -1.34. The van der Waals surface area contributed by atoms with Gasteiger partial charge in [-0.1, -0.05) is 30.4 Å². The molecule has 0 aliphatic carbocycles. The van der Waals surface area contributed by atoms with Gasteiger partial charge in [0.1, 0.15) is 11.6 Å². The third kappa shape index (κ3) is 4.16. The molecular formula is C21H17F2NO3S. The van der Waals surface area contributed by atoms with Gasteiger partial charge in [-0.3, -0.25) is 0 Å². The molecule has 4 nitrogen and oxygen atoms in total. The first-order valence-electron chi connectivity index (χ1n) is 8.40. The third-order valence-electron chi connectivity index (χ3n) is 4.11. The second-order valence-corrected chi connectivity index (χ2v) is 8.01. The van der Waals surface area contributed by atoms with Gasteiger partial charge in [-0.2, -0.15) is 0 Å². The Morgan fingerprint density at radius 2 is 1.75 bits per heavy atom. The van der Waals surface area contributed by atoms with E-state index in [0.717, 1.165) is 12.1 Å². The second-order valence-electron chi connectivity index (χ2n) is 6.15. The van der Waals surface area contributed by atoms with Crippen molar-refractivity contribution in [3.63, 3.8) is 0 Å². The summed E-state index contributed by atoms with van der Waals surface area (Å²) >= 11 is 0. The number of pyridine rings is 1. The molecule has 0 unspecified atom stereocenters. The van der Waals surface area contributed by atoms with Crippen LogP contribution in [0.15, 0.2) is 70.7 Å². The topological polar surface area (TPSA) is 67.3 Å². The van der Waals surface area contributed by atoms with E-state index >= 15 is 0 Å². The Hall–Kier alpha value is -2.90. The molecule has 0 radical (unpaired) electrons. The smallest absolute Gasteiger partial charge is 0.224 e. The largest absolute Gasteiger partial charge is 0.389 e. The second kappa shape index (κ2) is 8.00. The average Bonchev–Trinajstić information content (AvgIpc) is 2.67. The van der Waals surface area contributed by atoms with E-state index in [9.17, 15) is 22.3 Å². The van der Waals surface area contributed by atoms with Gasteiger partial charge in [0, 0.05) is 23.4 Å². The summed E-state index contributed by atoms with van der Waals surface area (Å²) in [5, 5.41) is 9.62. The van der Waals surface area contributed by atoms with Crippen LogP contribution in [0.25, 0.3) is 12.2 Å². The van der Waals surface area contributed by atoms with E-state index in [1.165, 1.54) is 43.5 Å². The molecule has 7 heteroatoms. The van der Waals surface area contributed by atoms with Crippen LogP contribution in [0.1, 0.15) is 29.7 Å². The zero-order valence-electron chi connectivity index (χ0n) is 14.9. The zero-order chi connectivity index (χ0) is 20.3. The quantitative estimate of drug-likeness (QED) is 0.643. The van der Waals surface area contributed by atoms with Crippen LogP contribution in [-0.2, 0) is 9.84 Å². The van der Waals surface area contributed by atoms with Crippen molar-refractivity contribution >= 4 is 22.0 Å². The standard InChI is InChI=1S/C21H17F2NO3S/c1-14(25)19-3-2-12-24-21(19)28(26,27)18-10-5-15(6-11-18)4-7-16-8-9-17(22)13-20(16)23/h2-14,25H,1H3/b7-4+/t14-/m0/s1. The summed E-state index contributed by atoms with van der Waals surface area (Å²) < 4.78 is 52.3. The number of hydrogen-bond acceptors (Lipinski definition) is 4. The van der Waals surface area contributed by atoms with Crippen LogP contribution >= 0.6 is 0 Å². The van der Waals surface area contributed by atoms with Crippen molar-refractivity contribution in [1.82, 2.24) is 4.98 Å². The molecule has 1 N–H and O–H groups in total. The normalized spacial score (nSPS) is 13.0. The molecule has 1 aromatic heterocycles. The molecule has 0 spiro atoms. The molecule has 0 aliphatic rings. The number of rotatable bonds is 5. The molecule has 1 atom stereocenters. The van der Waals surface area contributed by atoms with Gasteiger partial charge < -0.3 is 5.11 Å². The van der Waals surface area contributed by atoms with Crippen molar-refractivity contribution in [1.29, 1.82) is 0 Å². The van der Waals surface area contributed by atoms with Crippen LogP contribution in [0.3, 0.4) is 0 Å². The van der Waals surface area contributed by atoms with Crippen LogP contribution in [0.2, 0.25) is 0 Å². The summed E-state index contributed by atoms with van der Waals surface area (Å²) in [7, 11) is -3.91. The molecule has 28 heavy (non-hydrogen) atoms. The number of nitrogens with zero attached hydrogens (tertiary/aromatic N) is 1. The highest BCUT2D eigenvalue weighted by atomic mass is 32.2. The lowest BCUT2D eigenvalue weighted by Crippen LogP contribution is -2.09. The molecule has 0 saturated carbocycles. The number of hydrogen-bond donors (Lipinski definition) is 1. The maximum absolute atomic E-state index is 13.7. The first kappa shape index (κ1) is 19.9. The first-order chi connectivity index (χ1) is 13.3. The number of aromatic nitrogens is 1. The lowest BCUT2D eigenvalue weighted by atomic mass is 10.1. The number of aliphatic hydroxyl groups is 1. The minimum Gasteiger partial charge on any atom is -0.389 e. The molecule has 0 bridgehead atoms. The van der Waals surface area contributed by atoms with Gasteiger partial charge in [0.05, 0.1) is 11.0 Å². The van der Waals surface area contributed by atoms with Gasteiger partial charge in [-0.05, 0) is 42.8 Å². The monoisotopic (exact) mass is 401 g/mol. The molecule has 0 fully saturated rings. The predicted molar refractivity (Wildman–Crippen MR) is 102 cm³/mol. The van der Waals surface area contributed by atoms with Crippen molar-refractivity contribution in [2.45, 2.75) is 22.9 Å². The Labute approximate surface area is 161 Å². The number of halogens is 2. The fraction of sp³-hybridized carbons (Fsp3) is 0.0952. The van der Waals surface area contributed by atoms with E-state index in [2.05, 4.69) is 4.98 Å². The fourth-order valence-electron chi connectivity index (χ4n) is 2.64. The molecule has 0 saturated heterocycles. The number of benzene rings is 2. The predicted octanol–water partition coefficient (Wildman–Crippen LogP) is 4.42. The van der Waals surface area contributed by atoms with E-state index < -0.39 is 27.6 Å². The van der Waals surface area contributed by atoms with Crippen molar-refractivity contribution in [3.05, 3.63) is 89.1 Å². The number of sulfone groups is 1. The van der Waals surface area contributed by atoms with Gasteiger partial charge in [-0.15, -0.1) is 0 Å². The Morgan fingerprint density at radius 1 is 1.04 bits per heavy atom. The summed E-state index contributed by atoms with van der Waals surface area (Å²) in [5.41, 5.74) is 1.07. The summed E-state index contributed by atoms with van der Waals surface area (Å²) in [6, 6.07) is 12.3. The highest BCUT2D eigenvalue weighted by molar-refractivity contribution is 7.91. The van der Waals surface area contributed by atoms with Crippen LogP contribution in [0.4, 0.5) is 8.78 Å². The molecule has 2 aromatic carbocycles. The Bertz CT molecular complexity index is 1120. The maximum Gasteiger partial charge on any atom is 0.224 e. The molecule has 1 heterocycles. The van der Waals surface area contributed by atoms with E-state index in [1.54, 1.807) is 24.3 Å². The SMILES string of the molecule is C[C@H](O)c1cccnc1S(=O)(=O)c1ccc(/C=C/c2ccc(F)cc2F)cc1. The third-order valence-corrected chi connectivity index (χ3v) is 5.86. The van der Waals surface area contributed by atoms with Gasteiger partial charge >= 0.3 is 0 Å². The van der Waals surface area contributed by atoms with Crippen LogP contribution in [0.5, 0.6) is 0 Å². The highest BCUT2D eigenvalue weighted by Crippen LogP contribution is 2.26. The Kier molecular flexibility index (Phi) is 5.67. The molecule has 144 valence electrons. The molecule has 0 amide bonds. The average molecular weight is 401 g/mol. The van der Waals surface area contributed by atoms with E-state index in [0.29, 0.717) is 5.56 Å². The lowest BCUT2D eigenvalue weighted by Gasteiger charge is -2.11. The Morgan fingerprint density at radius 3 is 2.39 bits per heavy atom. The number of aliphatic hydroxyl groups excluding tert-OH is 1. The lowest BCUT2D eigenvalue weighted by molar-refractivity contribution is 0.195. The van der Waals surface area contributed by atoms with Crippen molar-refractivity contribution in [3.8, 4) is 0 Å². The zero-order valence-corrected chi connectivity index (χ0v) is 15.7. The van der Waals surface area contributed by atoms with Crippen molar-refractivity contribution in [2.24, 2.45) is 0 Å². The van der Waals surface area contributed by atoms with Crippen molar-refractivity contribution in [2.75, 3.05) is 0 Å². The van der Waals surface area contributed by atoms with Gasteiger partial charge in [0.15, 0.2) is 5.03 Å². The molecule has 3 aromatic rings. The van der Waals surface area contributed by atoms with E-state index in [-0.39, 0.29) is 21.0 Å². The maximum atomic E-state index is 13.7. The van der Waals surface area contributed by atoms with Crippen molar-refractivity contribution < 1.29 is 22.3 Å². The fourth-order valence-corrected chi connectivity index (χ4v) is 4.10. The van der Waals surface area contributed by atoms with Gasteiger partial charge in [-0.25, -0.2) is 22.2 Å². The van der Waals surface area contributed by atoms with Gasteiger partial charge in [0.2, 0.25) is 9.84 Å². The molecular weight excluding hydrogens is 384 g/mol. The summed E-state index contributed by atoms with van der Waals surface area (Å²) in [6.07, 6.45) is 3.44. The molecule has 3 rings (SSSR count). The Balaban J connectivity index is 1.89. The van der Waals surface area contributed by atoms with Crippen LogP contribution in [-0.4, -0.2) is 18.5 Å². The molecule has 0 aliphatic heterocycles. The van der Waals surface area contributed by atoms with Crippen LogP contribution in [0, 0.1) is 11.6 Å². The first-order valence-corrected chi connectivity index (χ1v) is 9.88.